The SMILES string of the molecule is CCCCCCCCC/C=C\CCCCCCCC(=O)OC(=O)CCCCCCCCCCC. The number of unbranched alkanes of at least 4 members (excludes halogenated alkanes) is 20. The molecule has 0 amide bonds. The first-order chi connectivity index (χ1) is 16.7. The summed E-state index contributed by atoms with van der Waals surface area (Å²) in [6, 6.07) is 0. The predicted octanol–water partition coefficient (Wildman–Crippen LogP) is 10.4. The number of carbonyl (C=O) groups excluding carboxylic acids is 2. The van der Waals surface area contributed by atoms with Gasteiger partial charge in [0.05, 0.1) is 0 Å². The fourth-order valence-corrected chi connectivity index (χ4v) is 4.33. The number of ether oxygens (including phenoxy) is 1. The monoisotopic (exact) mass is 478 g/mol. The Bertz CT molecular complexity index is 469. The van der Waals surface area contributed by atoms with E-state index in [1.54, 1.807) is 0 Å². The molecule has 3 nitrogen and oxygen atoms in total. The molecule has 0 aliphatic carbocycles. The van der Waals surface area contributed by atoms with E-state index >= 15 is 0 Å². The van der Waals surface area contributed by atoms with Crippen molar-refractivity contribution < 1.29 is 14.3 Å². The third kappa shape index (κ3) is 27.1. The predicted molar refractivity (Wildman–Crippen MR) is 147 cm³/mol. The third-order valence-corrected chi connectivity index (χ3v) is 6.60. The molecule has 0 fully saturated rings. The van der Waals surface area contributed by atoms with Gasteiger partial charge in [-0.3, -0.25) is 9.59 Å². The number of rotatable bonds is 26. The average molecular weight is 479 g/mol. The number of hydrogen-bond donors (Lipinski definition) is 0. The van der Waals surface area contributed by atoms with Crippen LogP contribution in [-0.2, 0) is 14.3 Å². The first-order valence-electron chi connectivity index (χ1n) is 15.1. The fourth-order valence-electron chi connectivity index (χ4n) is 4.33. The smallest absolute Gasteiger partial charge is 0.313 e. The molecular formula is C31H58O3. The highest BCUT2D eigenvalue weighted by atomic mass is 16.6. The molecule has 0 aromatic carbocycles. The normalized spacial score (nSPS) is 11.4. The molecule has 0 N–H and O–H groups in total. The molecule has 200 valence electrons. The van der Waals surface area contributed by atoms with E-state index in [9.17, 15) is 9.59 Å². The van der Waals surface area contributed by atoms with Crippen molar-refractivity contribution in [2.45, 2.75) is 174 Å². The Morgan fingerprint density at radius 2 is 0.735 bits per heavy atom. The molecule has 34 heavy (non-hydrogen) atoms. The van der Waals surface area contributed by atoms with E-state index < -0.39 is 0 Å². The second kappa shape index (κ2) is 28.1. The Balaban J connectivity index is 3.34. The lowest BCUT2D eigenvalue weighted by Gasteiger charge is -2.04. The molecule has 0 spiro atoms. The van der Waals surface area contributed by atoms with E-state index in [1.807, 2.05) is 0 Å². The molecule has 0 atom stereocenters. The largest absolute Gasteiger partial charge is 0.393 e. The average Bonchev–Trinajstić information content (AvgIpc) is 2.82. The quantitative estimate of drug-likeness (QED) is 0.0537. The summed E-state index contributed by atoms with van der Waals surface area (Å²) in [4.78, 5) is 23.6. The maximum atomic E-state index is 11.8. The molecule has 0 unspecified atom stereocenters. The highest BCUT2D eigenvalue weighted by molar-refractivity contribution is 5.85. The first kappa shape index (κ1) is 32.9. The summed E-state index contributed by atoms with van der Waals surface area (Å²) >= 11 is 0. The van der Waals surface area contributed by atoms with Crippen LogP contribution >= 0.6 is 0 Å². The van der Waals surface area contributed by atoms with Crippen molar-refractivity contribution >= 4 is 11.9 Å². The van der Waals surface area contributed by atoms with Crippen LogP contribution in [0.1, 0.15) is 174 Å². The molecule has 3 heteroatoms. The summed E-state index contributed by atoms with van der Waals surface area (Å²) < 4.78 is 4.96. The molecule has 0 bridgehead atoms. The Morgan fingerprint density at radius 3 is 1.09 bits per heavy atom. The van der Waals surface area contributed by atoms with Crippen molar-refractivity contribution in [2.24, 2.45) is 0 Å². The topological polar surface area (TPSA) is 43.4 Å². The van der Waals surface area contributed by atoms with Crippen LogP contribution < -0.4 is 0 Å². The van der Waals surface area contributed by atoms with Crippen molar-refractivity contribution in [2.75, 3.05) is 0 Å². The molecule has 0 saturated heterocycles. The molecule has 0 aromatic heterocycles. The van der Waals surface area contributed by atoms with Gasteiger partial charge >= 0.3 is 11.9 Å². The van der Waals surface area contributed by atoms with E-state index in [-0.39, 0.29) is 11.9 Å². The Hall–Kier alpha value is -1.12. The van der Waals surface area contributed by atoms with Gasteiger partial charge in [-0.1, -0.05) is 135 Å². The van der Waals surface area contributed by atoms with E-state index in [0.29, 0.717) is 12.8 Å². The molecular weight excluding hydrogens is 420 g/mol. The Labute approximate surface area is 212 Å². The molecule has 0 saturated carbocycles. The van der Waals surface area contributed by atoms with Crippen LogP contribution in [0.15, 0.2) is 12.2 Å². The molecule has 0 rings (SSSR count). The zero-order chi connectivity index (χ0) is 25.0. The Morgan fingerprint density at radius 1 is 0.441 bits per heavy atom. The van der Waals surface area contributed by atoms with Gasteiger partial charge in [-0.2, -0.15) is 0 Å². The number of carbonyl (C=O) groups is 2. The zero-order valence-corrected chi connectivity index (χ0v) is 23.1. The molecule has 0 aliphatic rings. The highest BCUT2D eigenvalue weighted by Gasteiger charge is 2.09. The van der Waals surface area contributed by atoms with Crippen molar-refractivity contribution in [1.29, 1.82) is 0 Å². The summed E-state index contributed by atoms with van der Waals surface area (Å²) in [5.41, 5.74) is 0. The molecule has 0 aromatic rings. The van der Waals surface area contributed by atoms with Crippen molar-refractivity contribution in [3.05, 3.63) is 12.2 Å². The summed E-state index contributed by atoms with van der Waals surface area (Å²) in [5.74, 6) is -0.676. The van der Waals surface area contributed by atoms with Crippen molar-refractivity contribution in [3.8, 4) is 0 Å². The second-order valence-electron chi connectivity index (χ2n) is 10.1. The standard InChI is InChI=1S/C31H58O3/c1-3-5-7-9-11-13-14-15-16-17-18-19-21-23-25-27-29-31(33)34-30(32)28-26-24-22-20-12-10-8-6-4-2/h16-17H,3-15,18-29H2,1-2H3/b17-16-. The van der Waals surface area contributed by atoms with Gasteiger partial charge in [0, 0.05) is 12.8 Å². The summed E-state index contributed by atoms with van der Waals surface area (Å²) in [6.07, 6.45) is 33.9. The van der Waals surface area contributed by atoms with Crippen molar-refractivity contribution in [3.63, 3.8) is 0 Å². The van der Waals surface area contributed by atoms with Crippen LogP contribution in [-0.4, -0.2) is 11.9 Å². The third-order valence-electron chi connectivity index (χ3n) is 6.60. The van der Waals surface area contributed by atoms with E-state index in [2.05, 4.69) is 26.0 Å². The van der Waals surface area contributed by atoms with Gasteiger partial charge in [-0.15, -0.1) is 0 Å². The van der Waals surface area contributed by atoms with Gasteiger partial charge in [0.25, 0.3) is 0 Å². The Kier molecular flexibility index (Phi) is 27.2. The van der Waals surface area contributed by atoms with Crippen LogP contribution in [0.3, 0.4) is 0 Å². The molecule has 0 heterocycles. The highest BCUT2D eigenvalue weighted by Crippen LogP contribution is 2.12. The van der Waals surface area contributed by atoms with Crippen molar-refractivity contribution in [1.82, 2.24) is 0 Å². The number of esters is 2. The van der Waals surface area contributed by atoms with Gasteiger partial charge in [0.2, 0.25) is 0 Å². The van der Waals surface area contributed by atoms with E-state index in [1.165, 1.54) is 116 Å². The minimum absolute atomic E-state index is 0.337. The molecule has 0 radical (unpaired) electrons. The lowest BCUT2D eigenvalue weighted by Crippen LogP contribution is -2.11. The summed E-state index contributed by atoms with van der Waals surface area (Å²) in [5, 5.41) is 0. The number of allylic oxidation sites excluding steroid dienone is 2. The summed E-state index contributed by atoms with van der Waals surface area (Å²) in [7, 11) is 0. The maximum absolute atomic E-state index is 11.8. The van der Waals surface area contributed by atoms with Gasteiger partial charge in [-0.05, 0) is 38.5 Å². The van der Waals surface area contributed by atoms with Crippen LogP contribution in [0.4, 0.5) is 0 Å². The minimum Gasteiger partial charge on any atom is -0.393 e. The fraction of sp³-hybridized carbons (Fsp3) is 0.871. The van der Waals surface area contributed by atoms with Crippen LogP contribution in [0, 0.1) is 0 Å². The van der Waals surface area contributed by atoms with Gasteiger partial charge in [0.15, 0.2) is 0 Å². The summed E-state index contributed by atoms with van der Waals surface area (Å²) in [6.45, 7) is 4.51. The zero-order valence-electron chi connectivity index (χ0n) is 23.1. The van der Waals surface area contributed by atoms with Crippen LogP contribution in [0.25, 0.3) is 0 Å². The van der Waals surface area contributed by atoms with E-state index in [0.717, 1.165) is 32.1 Å². The van der Waals surface area contributed by atoms with Gasteiger partial charge < -0.3 is 4.74 Å². The van der Waals surface area contributed by atoms with Gasteiger partial charge in [-0.25, -0.2) is 0 Å². The number of hydrogen-bond acceptors (Lipinski definition) is 3. The minimum atomic E-state index is -0.339. The molecule has 0 aliphatic heterocycles. The lowest BCUT2D eigenvalue weighted by atomic mass is 10.1. The lowest BCUT2D eigenvalue weighted by molar-refractivity contribution is -0.159. The van der Waals surface area contributed by atoms with Crippen LogP contribution in [0.2, 0.25) is 0 Å². The first-order valence-corrected chi connectivity index (χ1v) is 15.1. The second-order valence-corrected chi connectivity index (χ2v) is 10.1. The maximum Gasteiger partial charge on any atom is 0.313 e. The van der Waals surface area contributed by atoms with E-state index in [4.69, 9.17) is 4.74 Å². The van der Waals surface area contributed by atoms with Gasteiger partial charge in [0.1, 0.15) is 0 Å². The van der Waals surface area contributed by atoms with Crippen LogP contribution in [0.5, 0.6) is 0 Å².